The molecule has 0 aromatic heterocycles. The number of amides is 2. The minimum absolute atomic E-state index is 0.265. The van der Waals surface area contributed by atoms with Gasteiger partial charge in [0, 0.05) is 5.69 Å². The Morgan fingerprint density at radius 1 is 1.30 bits per heavy atom. The molecule has 0 fully saturated rings. The van der Waals surface area contributed by atoms with E-state index < -0.39 is 36.2 Å². The van der Waals surface area contributed by atoms with Crippen molar-refractivity contribution in [1.82, 2.24) is 5.32 Å². The lowest BCUT2D eigenvalue weighted by atomic mass is 10.2. The molecule has 1 aromatic carbocycles. The van der Waals surface area contributed by atoms with E-state index in [0.29, 0.717) is 5.56 Å². The fourth-order valence-corrected chi connectivity index (χ4v) is 1.42. The first-order chi connectivity index (χ1) is 9.29. The molecule has 0 spiro atoms. The monoisotopic (exact) mass is 284 g/mol. The summed E-state index contributed by atoms with van der Waals surface area (Å²) in [5, 5.41) is 21.6. The van der Waals surface area contributed by atoms with Gasteiger partial charge in [0.1, 0.15) is 11.9 Å². The van der Waals surface area contributed by atoms with Crippen molar-refractivity contribution in [1.29, 1.82) is 0 Å². The zero-order chi connectivity index (χ0) is 15.3. The van der Waals surface area contributed by atoms with Gasteiger partial charge in [-0.2, -0.15) is 0 Å². The number of hydrogen-bond donors (Lipinski definition) is 4. The Labute approximate surface area is 113 Å². The summed E-state index contributed by atoms with van der Waals surface area (Å²) in [6.45, 7) is 1.50. The van der Waals surface area contributed by atoms with Crippen LogP contribution < -0.4 is 10.6 Å². The molecule has 0 aliphatic carbocycles. The minimum Gasteiger partial charge on any atom is -0.481 e. The predicted octanol–water partition coefficient (Wildman–Crippen LogP) is 1.18. The lowest BCUT2D eigenvalue weighted by molar-refractivity contribution is -0.145. The second kappa shape index (κ2) is 6.50. The predicted molar refractivity (Wildman–Crippen MR) is 67.0 cm³/mol. The zero-order valence-electron chi connectivity index (χ0n) is 10.5. The second-order valence-corrected chi connectivity index (χ2v) is 4.05. The summed E-state index contributed by atoms with van der Waals surface area (Å²) in [6.07, 6.45) is -0.745. The molecule has 1 rings (SSSR count). The normalized spacial score (nSPS) is 11.5. The first-order valence-corrected chi connectivity index (χ1v) is 5.58. The highest BCUT2D eigenvalue weighted by Crippen LogP contribution is 2.13. The summed E-state index contributed by atoms with van der Waals surface area (Å²) in [5.74, 6) is -3.25. The number of halogens is 1. The topological polar surface area (TPSA) is 116 Å². The summed E-state index contributed by atoms with van der Waals surface area (Å²) in [6, 6.07) is 1.38. The molecule has 0 aliphatic rings. The Morgan fingerprint density at radius 3 is 2.45 bits per heavy atom. The molecule has 1 aromatic rings. The average Bonchev–Trinajstić information content (AvgIpc) is 2.32. The van der Waals surface area contributed by atoms with Crippen molar-refractivity contribution in [3.05, 3.63) is 29.6 Å². The minimum atomic E-state index is -1.55. The maximum absolute atomic E-state index is 13.0. The summed E-state index contributed by atoms with van der Waals surface area (Å²) in [7, 11) is 0. The van der Waals surface area contributed by atoms with E-state index in [1.165, 1.54) is 19.1 Å². The lowest BCUT2D eigenvalue weighted by Crippen LogP contribution is -2.44. The number of nitrogens with one attached hydrogen (secondary N) is 2. The van der Waals surface area contributed by atoms with Gasteiger partial charge in [0.2, 0.25) is 0 Å². The van der Waals surface area contributed by atoms with Crippen LogP contribution in [0.5, 0.6) is 0 Å². The van der Waals surface area contributed by atoms with Crippen molar-refractivity contribution in [2.24, 2.45) is 0 Å². The van der Waals surface area contributed by atoms with E-state index >= 15 is 0 Å². The van der Waals surface area contributed by atoms with Gasteiger partial charge in [0.25, 0.3) is 0 Å². The van der Waals surface area contributed by atoms with Crippen molar-refractivity contribution >= 4 is 23.7 Å². The maximum Gasteiger partial charge on any atom is 0.326 e. The average molecular weight is 284 g/mol. The van der Waals surface area contributed by atoms with Gasteiger partial charge < -0.3 is 20.8 Å². The Kier molecular flexibility index (Phi) is 5.01. The molecule has 7 nitrogen and oxygen atoms in total. The number of carbonyl (C=O) groups excluding carboxylic acids is 1. The van der Waals surface area contributed by atoms with Gasteiger partial charge in [-0.25, -0.2) is 14.0 Å². The molecule has 0 heterocycles. The molecule has 0 saturated heterocycles. The van der Waals surface area contributed by atoms with E-state index in [1.807, 2.05) is 5.32 Å². The number of carbonyl (C=O) groups is 3. The van der Waals surface area contributed by atoms with Gasteiger partial charge in [-0.15, -0.1) is 0 Å². The third kappa shape index (κ3) is 4.56. The number of carboxylic acid groups (broad SMARTS) is 2. The molecular formula is C12H13FN2O5. The Bertz CT molecular complexity index is 547. The van der Waals surface area contributed by atoms with Gasteiger partial charge in [-0.3, -0.25) is 4.79 Å². The number of urea groups is 1. The summed E-state index contributed by atoms with van der Waals surface area (Å²) in [4.78, 5) is 32.8. The van der Waals surface area contributed by atoms with Crippen molar-refractivity contribution in [3.8, 4) is 0 Å². The number of rotatable bonds is 5. The highest BCUT2D eigenvalue weighted by molar-refractivity contribution is 5.93. The molecule has 4 N–H and O–H groups in total. The highest BCUT2D eigenvalue weighted by Gasteiger charge is 2.22. The smallest absolute Gasteiger partial charge is 0.326 e. The number of anilines is 1. The second-order valence-electron chi connectivity index (χ2n) is 4.05. The summed E-state index contributed by atoms with van der Waals surface area (Å²) < 4.78 is 13.0. The van der Waals surface area contributed by atoms with Gasteiger partial charge >= 0.3 is 18.0 Å². The van der Waals surface area contributed by atoms with Crippen LogP contribution in [0.1, 0.15) is 12.0 Å². The van der Waals surface area contributed by atoms with Crippen LogP contribution in [0.3, 0.4) is 0 Å². The van der Waals surface area contributed by atoms with Crippen molar-refractivity contribution in [3.63, 3.8) is 0 Å². The zero-order valence-corrected chi connectivity index (χ0v) is 10.5. The molecule has 0 radical (unpaired) electrons. The van der Waals surface area contributed by atoms with E-state index in [4.69, 9.17) is 10.2 Å². The van der Waals surface area contributed by atoms with Crippen LogP contribution in [0.25, 0.3) is 0 Å². The number of hydrogen-bond acceptors (Lipinski definition) is 3. The molecule has 0 unspecified atom stereocenters. The van der Waals surface area contributed by atoms with Gasteiger partial charge in [0.05, 0.1) is 6.42 Å². The van der Waals surface area contributed by atoms with E-state index in [9.17, 15) is 18.8 Å². The van der Waals surface area contributed by atoms with Crippen LogP contribution in [-0.4, -0.2) is 34.2 Å². The quantitative estimate of drug-likeness (QED) is 0.648. The van der Waals surface area contributed by atoms with E-state index in [0.717, 1.165) is 6.07 Å². The van der Waals surface area contributed by atoms with Crippen LogP contribution in [0.15, 0.2) is 18.2 Å². The van der Waals surface area contributed by atoms with Gasteiger partial charge in [0.15, 0.2) is 0 Å². The molecule has 20 heavy (non-hydrogen) atoms. The molecule has 2 amide bonds. The molecule has 1 atom stereocenters. The number of benzene rings is 1. The molecular weight excluding hydrogens is 271 g/mol. The van der Waals surface area contributed by atoms with Crippen LogP contribution >= 0.6 is 0 Å². The number of aryl methyl sites for hydroxylation is 1. The SMILES string of the molecule is Cc1cc(NC(=O)N[C@H](CC(=O)O)C(=O)O)ccc1F. The number of carboxylic acids is 2. The fourth-order valence-electron chi connectivity index (χ4n) is 1.42. The van der Waals surface area contributed by atoms with Gasteiger partial charge in [-0.05, 0) is 30.7 Å². The Morgan fingerprint density at radius 2 is 1.95 bits per heavy atom. The Hall–Kier alpha value is -2.64. The van der Waals surface area contributed by atoms with E-state index in [2.05, 4.69) is 5.32 Å². The first kappa shape index (κ1) is 15.4. The van der Waals surface area contributed by atoms with Crippen molar-refractivity contribution in [2.45, 2.75) is 19.4 Å². The van der Waals surface area contributed by atoms with E-state index in [-0.39, 0.29) is 5.69 Å². The fraction of sp³-hybridized carbons (Fsp3) is 0.250. The Balaban J connectivity index is 2.67. The molecule has 8 heteroatoms. The van der Waals surface area contributed by atoms with Gasteiger partial charge in [-0.1, -0.05) is 0 Å². The molecule has 0 aliphatic heterocycles. The molecule has 0 bridgehead atoms. The highest BCUT2D eigenvalue weighted by atomic mass is 19.1. The standard InChI is InChI=1S/C12H13FN2O5/c1-6-4-7(2-3-8(6)13)14-12(20)15-9(11(18)19)5-10(16)17/h2-4,9H,5H2,1H3,(H,16,17)(H,18,19)(H2,14,15,20)/t9-/m1/s1. The van der Waals surface area contributed by atoms with Crippen LogP contribution in [0.2, 0.25) is 0 Å². The van der Waals surface area contributed by atoms with Crippen LogP contribution in [-0.2, 0) is 9.59 Å². The lowest BCUT2D eigenvalue weighted by Gasteiger charge is -2.13. The van der Waals surface area contributed by atoms with E-state index in [1.54, 1.807) is 0 Å². The summed E-state index contributed by atoms with van der Waals surface area (Å²) >= 11 is 0. The van der Waals surface area contributed by atoms with Crippen molar-refractivity contribution < 1.29 is 29.0 Å². The molecule has 0 saturated carbocycles. The summed E-state index contributed by atoms with van der Waals surface area (Å²) in [5.41, 5.74) is 0.573. The van der Waals surface area contributed by atoms with Crippen molar-refractivity contribution in [2.75, 3.05) is 5.32 Å². The third-order valence-corrected chi connectivity index (χ3v) is 2.40. The third-order valence-electron chi connectivity index (χ3n) is 2.40. The first-order valence-electron chi connectivity index (χ1n) is 5.58. The molecule has 108 valence electrons. The van der Waals surface area contributed by atoms with Crippen LogP contribution in [0.4, 0.5) is 14.9 Å². The maximum atomic E-state index is 13.0. The largest absolute Gasteiger partial charge is 0.481 e. The number of aliphatic carboxylic acids is 2. The van der Waals surface area contributed by atoms with Crippen LogP contribution in [0, 0.1) is 12.7 Å².